The molecule has 0 atom stereocenters. The van der Waals surface area contributed by atoms with Gasteiger partial charge in [-0.1, -0.05) is 137 Å². The maximum atomic E-state index is 2.45. The molecule has 1 heteroatoms. The number of rotatable bonds is 4. The average Bonchev–Trinajstić information content (AvgIpc) is 3.51. The molecule has 2 aliphatic rings. The van der Waals surface area contributed by atoms with Crippen LogP contribution in [-0.2, 0) is 10.8 Å². The summed E-state index contributed by atoms with van der Waals surface area (Å²) in [5.41, 5.74) is 14.2. The zero-order valence-corrected chi connectivity index (χ0v) is 28.4. The van der Waals surface area contributed by atoms with Gasteiger partial charge in [0.25, 0.3) is 0 Å². The maximum absolute atomic E-state index is 2.45. The van der Waals surface area contributed by atoms with Crippen LogP contribution < -0.4 is 4.90 Å². The molecule has 0 bridgehead atoms. The molecule has 1 nitrogen and oxygen atoms in total. The molecule has 8 aromatic carbocycles. The summed E-state index contributed by atoms with van der Waals surface area (Å²) >= 11 is 0. The average molecular weight is 628 g/mol. The van der Waals surface area contributed by atoms with E-state index in [1.807, 2.05) is 0 Å². The van der Waals surface area contributed by atoms with Crippen molar-refractivity contribution in [1.29, 1.82) is 0 Å². The lowest BCUT2D eigenvalue weighted by Gasteiger charge is -2.29. The topological polar surface area (TPSA) is 3.24 Å². The SMILES string of the molecule is CC1(C)c2ccccc2-c2ccc(N(c3ccc(-c4cc5c6c(ccc7cccc(c76)C5(C)C)c4)cc3)c3cccc4ccccc34)cc21. The Morgan fingerprint density at radius 3 is 1.90 bits per heavy atom. The molecule has 234 valence electrons. The van der Waals surface area contributed by atoms with Crippen LogP contribution in [0.25, 0.3) is 54.6 Å². The molecule has 0 saturated carbocycles. The molecule has 0 saturated heterocycles. The number of fused-ring (bicyclic) bond motifs is 4. The van der Waals surface area contributed by atoms with Gasteiger partial charge in [0.1, 0.15) is 0 Å². The summed E-state index contributed by atoms with van der Waals surface area (Å²) in [4.78, 5) is 2.45. The molecule has 2 aliphatic carbocycles. The molecular weight excluding hydrogens is 591 g/mol. The minimum Gasteiger partial charge on any atom is -0.310 e. The lowest BCUT2D eigenvalue weighted by atomic mass is 9.81. The zero-order chi connectivity index (χ0) is 33.1. The van der Waals surface area contributed by atoms with Gasteiger partial charge < -0.3 is 4.90 Å². The fourth-order valence-electron chi connectivity index (χ4n) is 9.03. The van der Waals surface area contributed by atoms with Gasteiger partial charge in [-0.05, 0) is 114 Å². The summed E-state index contributed by atoms with van der Waals surface area (Å²) in [6, 6.07) is 56.7. The summed E-state index contributed by atoms with van der Waals surface area (Å²) < 4.78 is 0. The molecule has 0 N–H and O–H groups in total. The molecule has 0 amide bonds. The fraction of sp³-hybridized carbons (Fsp3) is 0.125. The van der Waals surface area contributed by atoms with Gasteiger partial charge in [-0.25, -0.2) is 0 Å². The summed E-state index contributed by atoms with van der Waals surface area (Å²) in [6.45, 7) is 9.47. The van der Waals surface area contributed by atoms with Gasteiger partial charge >= 0.3 is 0 Å². The standard InChI is InChI=1S/C48H37N/c1-47(2)40-16-8-7-15-38(40)39-26-25-36(29-42(39)47)49(44-18-10-12-31-11-5-6-14-37(31)44)35-23-21-30(22-24-35)34-27-33-20-19-32-13-9-17-41-45(32)46(33)43(28-34)48(41,3)4/h5-29H,1-4H3. The molecule has 0 radical (unpaired) electrons. The first-order chi connectivity index (χ1) is 23.8. The minimum absolute atomic E-state index is 0.0381. The highest BCUT2D eigenvalue weighted by Crippen LogP contribution is 2.52. The van der Waals surface area contributed by atoms with Crippen molar-refractivity contribution in [1.82, 2.24) is 0 Å². The van der Waals surface area contributed by atoms with E-state index in [4.69, 9.17) is 0 Å². The van der Waals surface area contributed by atoms with Crippen LogP contribution in [0.4, 0.5) is 17.1 Å². The molecule has 0 aliphatic heterocycles. The van der Waals surface area contributed by atoms with Crippen LogP contribution in [0.5, 0.6) is 0 Å². The third kappa shape index (κ3) is 3.93. The van der Waals surface area contributed by atoms with Gasteiger partial charge in [-0.2, -0.15) is 0 Å². The molecule has 0 aromatic heterocycles. The monoisotopic (exact) mass is 627 g/mol. The Balaban J connectivity index is 1.12. The van der Waals surface area contributed by atoms with Crippen LogP contribution in [0.2, 0.25) is 0 Å². The largest absolute Gasteiger partial charge is 0.310 e. The predicted molar refractivity (Wildman–Crippen MR) is 209 cm³/mol. The smallest absolute Gasteiger partial charge is 0.0540 e. The van der Waals surface area contributed by atoms with Crippen LogP contribution >= 0.6 is 0 Å². The van der Waals surface area contributed by atoms with Gasteiger partial charge in [0.2, 0.25) is 0 Å². The number of nitrogens with zero attached hydrogens (tertiary/aromatic N) is 1. The van der Waals surface area contributed by atoms with Gasteiger partial charge in [0.15, 0.2) is 0 Å². The Kier molecular flexibility index (Phi) is 5.75. The van der Waals surface area contributed by atoms with E-state index in [2.05, 4.69) is 184 Å². The Morgan fingerprint density at radius 1 is 0.388 bits per heavy atom. The van der Waals surface area contributed by atoms with E-state index < -0.39 is 0 Å². The molecule has 0 spiro atoms. The van der Waals surface area contributed by atoms with Gasteiger partial charge in [-0.3, -0.25) is 0 Å². The maximum Gasteiger partial charge on any atom is 0.0540 e. The lowest BCUT2D eigenvalue weighted by molar-refractivity contribution is 0.660. The van der Waals surface area contributed by atoms with Crippen LogP contribution in [0.3, 0.4) is 0 Å². The number of hydrogen-bond donors (Lipinski definition) is 0. The van der Waals surface area contributed by atoms with E-state index in [1.165, 1.54) is 88.2 Å². The second-order valence-electron chi connectivity index (χ2n) is 15.0. The van der Waals surface area contributed by atoms with Gasteiger partial charge in [0.05, 0.1) is 5.69 Å². The van der Waals surface area contributed by atoms with Crippen molar-refractivity contribution in [2.45, 2.75) is 38.5 Å². The fourth-order valence-corrected chi connectivity index (χ4v) is 9.03. The Hall–Kier alpha value is -5.66. The summed E-state index contributed by atoms with van der Waals surface area (Å²) in [7, 11) is 0. The van der Waals surface area contributed by atoms with Crippen molar-refractivity contribution in [3.05, 3.63) is 174 Å². The van der Waals surface area contributed by atoms with Gasteiger partial charge in [0, 0.05) is 27.6 Å². The molecular formula is C48H37N. The van der Waals surface area contributed by atoms with Crippen molar-refractivity contribution in [2.24, 2.45) is 0 Å². The zero-order valence-electron chi connectivity index (χ0n) is 28.4. The molecule has 0 unspecified atom stereocenters. The quantitative estimate of drug-likeness (QED) is 0.176. The first-order valence-electron chi connectivity index (χ1n) is 17.4. The van der Waals surface area contributed by atoms with Crippen molar-refractivity contribution in [3.63, 3.8) is 0 Å². The number of benzene rings is 8. The highest BCUT2D eigenvalue weighted by molar-refractivity contribution is 6.15. The van der Waals surface area contributed by atoms with Crippen molar-refractivity contribution < 1.29 is 0 Å². The van der Waals surface area contributed by atoms with E-state index in [9.17, 15) is 0 Å². The summed E-state index contributed by atoms with van der Waals surface area (Å²) in [5, 5.41) is 7.98. The van der Waals surface area contributed by atoms with Crippen molar-refractivity contribution in [3.8, 4) is 22.3 Å². The Labute approximate surface area is 288 Å². The van der Waals surface area contributed by atoms with Crippen LogP contribution in [0.1, 0.15) is 49.9 Å². The van der Waals surface area contributed by atoms with Crippen molar-refractivity contribution in [2.75, 3.05) is 4.90 Å². The third-order valence-corrected chi connectivity index (χ3v) is 11.6. The van der Waals surface area contributed by atoms with E-state index in [-0.39, 0.29) is 10.8 Å². The van der Waals surface area contributed by atoms with E-state index in [0.29, 0.717) is 0 Å². The molecule has 10 rings (SSSR count). The van der Waals surface area contributed by atoms with Crippen LogP contribution in [-0.4, -0.2) is 0 Å². The summed E-state index contributed by atoms with van der Waals surface area (Å²) in [5.74, 6) is 0. The van der Waals surface area contributed by atoms with Crippen molar-refractivity contribution >= 4 is 49.4 Å². The Morgan fingerprint density at radius 2 is 1.02 bits per heavy atom. The van der Waals surface area contributed by atoms with E-state index in [1.54, 1.807) is 0 Å². The first kappa shape index (κ1) is 28.4. The molecule has 8 aromatic rings. The van der Waals surface area contributed by atoms with E-state index in [0.717, 1.165) is 5.69 Å². The second-order valence-corrected chi connectivity index (χ2v) is 15.0. The Bertz CT molecular complexity index is 2650. The highest BCUT2D eigenvalue weighted by atomic mass is 15.1. The predicted octanol–water partition coefficient (Wildman–Crippen LogP) is 13.2. The second kappa shape index (κ2) is 9.94. The highest BCUT2D eigenvalue weighted by Gasteiger charge is 2.36. The first-order valence-corrected chi connectivity index (χ1v) is 17.4. The molecule has 49 heavy (non-hydrogen) atoms. The third-order valence-electron chi connectivity index (χ3n) is 11.6. The number of anilines is 3. The molecule has 0 heterocycles. The van der Waals surface area contributed by atoms with Gasteiger partial charge in [-0.15, -0.1) is 0 Å². The normalized spacial score (nSPS) is 14.9. The number of hydrogen-bond acceptors (Lipinski definition) is 1. The summed E-state index contributed by atoms with van der Waals surface area (Å²) in [6.07, 6.45) is 0. The minimum atomic E-state index is -0.0767. The van der Waals surface area contributed by atoms with Crippen LogP contribution in [0.15, 0.2) is 152 Å². The lowest BCUT2D eigenvalue weighted by Crippen LogP contribution is -2.16. The molecule has 0 fully saturated rings. The van der Waals surface area contributed by atoms with Crippen LogP contribution in [0, 0.1) is 0 Å². The van der Waals surface area contributed by atoms with E-state index >= 15 is 0 Å².